The molecule has 88 valence electrons. The number of hydrogen-bond donors (Lipinski definition) is 1. The van der Waals surface area contributed by atoms with Crippen molar-refractivity contribution in [1.82, 2.24) is 19.7 Å². The van der Waals surface area contributed by atoms with Crippen molar-refractivity contribution in [2.45, 2.75) is 31.9 Å². The number of aryl methyl sites for hydroxylation is 1. The van der Waals surface area contributed by atoms with Crippen molar-refractivity contribution >= 4 is 5.91 Å². The number of β-amino-alcohol motifs (C(OH)–C–C–N with tert-alkyl or cyclic N) is 1. The summed E-state index contributed by atoms with van der Waals surface area (Å²) in [5.74, 6) is 0.0635. The molecule has 0 radical (unpaired) electrons. The van der Waals surface area contributed by atoms with E-state index in [-0.39, 0.29) is 5.91 Å². The molecule has 1 saturated heterocycles. The van der Waals surface area contributed by atoms with E-state index in [9.17, 15) is 9.90 Å². The van der Waals surface area contributed by atoms with Crippen LogP contribution in [0.25, 0.3) is 0 Å². The Labute approximate surface area is 93.9 Å². The molecule has 1 fully saturated rings. The van der Waals surface area contributed by atoms with Gasteiger partial charge in [0.05, 0.1) is 25.2 Å². The van der Waals surface area contributed by atoms with E-state index in [4.69, 9.17) is 0 Å². The normalized spacial score (nSPS) is 18.2. The van der Waals surface area contributed by atoms with E-state index >= 15 is 0 Å². The van der Waals surface area contributed by atoms with Crippen molar-refractivity contribution < 1.29 is 9.90 Å². The van der Waals surface area contributed by atoms with Gasteiger partial charge in [-0.25, -0.2) is 4.98 Å². The van der Waals surface area contributed by atoms with Crippen molar-refractivity contribution in [3.05, 3.63) is 12.7 Å². The smallest absolute Gasteiger partial charge is 0.224 e. The predicted molar refractivity (Wildman–Crippen MR) is 56.5 cm³/mol. The first-order valence-corrected chi connectivity index (χ1v) is 5.45. The third-order valence-corrected chi connectivity index (χ3v) is 3.00. The van der Waals surface area contributed by atoms with Gasteiger partial charge in [-0.05, 0) is 6.42 Å². The largest absolute Gasteiger partial charge is 0.386 e. The van der Waals surface area contributed by atoms with Crippen molar-refractivity contribution in [3.63, 3.8) is 0 Å². The Morgan fingerprint density at radius 1 is 1.56 bits per heavy atom. The molecule has 0 aliphatic carbocycles. The van der Waals surface area contributed by atoms with E-state index in [0.29, 0.717) is 32.5 Å². The van der Waals surface area contributed by atoms with Gasteiger partial charge in [0.1, 0.15) is 12.7 Å². The van der Waals surface area contributed by atoms with Crippen molar-refractivity contribution in [2.24, 2.45) is 0 Å². The molecule has 1 aliphatic rings. The van der Waals surface area contributed by atoms with Crippen LogP contribution in [-0.2, 0) is 11.3 Å². The molecule has 1 aromatic heterocycles. The Kier molecular flexibility index (Phi) is 2.91. The van der Waals surface area contributed by atoms with Crippen molar-refractivity contribution in [2.75, 3.05) is 13.1 Å². The summed E-state index contributed by atoms with van der Waals surface area (Å²) in [7, 11) is 0. The van der Waals surface area contributed by atoms with Crippen LogP contribution in [0, 0.1) is 0 Å². The third kappa shape index (κ3) is 2.21. The van der Waals surface area contributed by atoms with Gasteiger partial charge < -0.3 is 10.0 Å². The number of carbonyl (C=O) groups is 1. The number of carbonyl (C=O) groups excluding carboxylic acids is 1. The number of aromatic nitrogens is 3. The standard InChI is InChI=1S/C10H16N4O2/c1-2-10(16)5-13(6-10)9(15)3-4-14-8-11-7-12-14/h7-8,16H,2-6H2,1H3. The summed E-state index contributed by atoms with van der Waals surface area (Å²) in [4.78, 5) is 17.2. The fourth-order valence-corrected chi connectivity index (χ4v) is 1.78. The van der Waals surface area contributed by atoms with Crippen LogP contribution < -0.4 is 0 Å². The molecular formula is C10H16N4O2. The zero-order valence-electron chi connectivity index (χ0n) is 9.33. The average Bonchev–Trinajstić information content (AvgIpc) is 2.74. The fourth-order valence-electron chi connectivity index (χ4n) is 1.78. The quantitative estimate of drug-likeness (QED) is 0.759. The first kappa shape index (κ1) is 11.1. The molecule has 1 amide bonds. The maximum atomic E-state index is 11.7. The second-order valence-corrected chi connectivity index (χ2v) is 4.24. The van der Waals surface area contributed by atoms with Gasteiger partial charge in [-0.3, -0.25) is 9.48 Å². The summed E-state index contributed by atoms with van der Waals surface area (Å²) < 4.78 is 1.63. The third-order valence-electron chi connectivity index (χ3n) is 3.00. The van der Waals surface area contributed by atoms with Crippen LogP contribution in [-0.4, -0.2) is 49.4 Å². The van der Waals surface area contributed by atoms with Gasteiger partial charge in [0, 0.05) is 6.42 Å². The summed E-state index contributed by atoms with van der Waals surface area (Å²) >= 11 is 0. The fraction of sp³-hybridized carbons (Fsp3) is 0.700. The molecular weight excluding hydrogens is 208 g/mol. The van der Waals surface area contributed by atoms with Gasteiger partial charge in [0.25, 0.3) is 0 Å². The van der Waals surface area contributed by atoms with Crippen LogP contribution in [0.1, 0.15) is 19.8 Å². The lowest BCUT2D eigenvalue weighted by Gasteiger charge is -2.46. The van der Waals surface area contributed by atoms with E-state index in [1.807, 2.05) is 6.92 Å². The molecule has 0 aromatic carbocycles. The van der Waals surface area contributed by atoms with E-state index in [1.165, 1.54) is 6.33 Å². The van der Waals surface area contributed by atoms with Crippen molar-refractivity contribution in [1.29, 1.82) is 0 Å². The first-order valence-electron chi connectivity index (χ1n) is 5.45. The van der Waals surface area contributed by atoms with Gasteiger partial charge in [-0.2, -0.15) is 5.10 Å². The summed E-state index contributed by atoms with van der Waals surface area (Å²) in [5, 5.41) is 13.7. The summed E-state index contributed by atoms with van der Waals surface area (Å²) in [5.41, 5.74) is -0.650. The minimum atomic E-state index is -0.650. The Morgan fingerprint density at radius 3 is 2.88 bits per heavy atom. The first-order chi connectivity index (χ1) is 7.63. The lowest BCUT2D eigenvalue weighted by molar-refractivity contribution is -0.156. The highest BCUT2D eigenvalue weighted by Crippen LogP contribution is 2.24. The number of hydrogen-bond acceptors (Lipinski definition) is 4. The van der Waals surface area contributed by atoms with E-state index in [1.54, 1.807) is 15.9 Å². The Balaban J connectivity index is 1.74. The van der Waals surface area contributed by atoms with Crippen LogP contribution in [0.5, 0.6) is 0 Å². The van der Waals surface area contributed by atoms with Crippen LogP contribution in [0.15, 0.2) is 12.7 Å². The zero-order valence-corrected chi connectivity index (χ0v) is 9.33. The minimum Gasteiger partial charge on any atom is -0.386 e. The summed E-state index contributed by atoms with van der Waals surface area (Å²) in [6.07, 6.45) is 4.14. The molecule has 16 heavy (non-hydrogen) atoms. The molecule has 1 aromatic rings. The molecule has 1 N–H and O–H groups in total. The zero-order chi connectivity index (χ0) is 11.6. The van der Waals surface area contributed by atoms with Crippen LogP contribution in [0.3, 0.4) is 0 Å². The Hall–Kier alpha value is -1.43. The number of aliphatic hydroxyl groups is 1. The predicted octanol–water partition coefficient (Wildman–Crippen LogP) is -0.349. The van der Waals surface area contributed by atoms with Crippen LogP contribution in [0.4, 0.5) is 0 Å². The molecule has 6 heteroatoms. The Bertz CT molecular complexity index is 357. The Morgan fingerprint density at radius 2 is 2.31 bits per heavy atom. The maximum absolute atomic E-state index is 11.7. The highest BCUT2D eigenvalue weighted by molar-refractivity contribution is 5.77. The second kappa shape index (κ2) is 4.21. The molecule has 0 saturated carbocycles. The summed E-state index contributed by atoms with van der Waals surface area (Å²) in [6.45, 7) is 3.39. The molecule has 0 spiro atoms. The van der Waals surface area contributed by atoms with Crippen LogP contribution in [0.2, 0.25) is 0 Å². The minimum absolute atomic E-state index is 0.0635. The number of nitrogens with zero attached hydrogens (tertiary/aromatic N) is 4. The number of likely N-dealkylation sites (tertiary alicyclic amines) is 1. The van der Waals surface area contributed by atoms with Crippen LogP contribution >= 0.6 is 0 Å². The second-order valence-electron chi connectivity index (χ2n) is 4.24. The van der Waals surface area contributed by atoms with E-state index < -0.39 is 5.60 Å². The SMILES string of the molecule is CCC1(O)CN(C(=O)CCn2cncn2)C1. The highest BCUT2D eigenvalue weighted by atomic mass is 16.3. The highest BCUT2D eigenvalue weighted by Gasteiger charge is 2.41. The van der Waals surface area contributed by atoms with Crippen molar-refractivity contribution in [3.8, 4) is 0 Å². The molecule has 2 heterocycles. The van der Waals surface area contributed by atoms with Gasteiger partial charge >= 0.3 is 0 Å². The molecule has 1 aliphatic heterocycles. The van der Waals surface area contributed by atoms with E-state index in [0.717, 1.165) is 0 Å². The number of rotatable bonds is 4. The lowest BCUT2D eigenvalue weighted by atomic mass is 9.91. The van der Waals surface area contributed by atoms with Gasteiger partial charge in [-0.1, -0.05) is 6.92 Å². The molecule has 0 unspecified atom stereocenters. The molecule has 0 bridgehead atoms. The van der Waals surface area contributed by atoms with Gasteiger partial charge in [0.15, 0.2) is 0 Å². The molecule has 6 nitrogen and oxygen atoms in total. The topological polar surface area (TPSA) is 71.2 Å². The maximum Gasteiger partial charge on any atom is 0.224 e. The molecule has 0 atom stereocenters. The monoisotopic (exact) mass is 224 g/mol. The lowest BCUT2D eigenvalue weighted by Crippen LogP contribution is -2.63. The van der Waals surface area contributed by atoms with Gasteiger partial charge in [0.2, 0.25) is 5.91 Å². The summed E-state index contributed by atoms with van der Waals surface area (Å²) in [6, 6.07) is 0. The van der Waals surface area contributed by atoms with E-state index in [2.05, 4.69) is 10.1 Å². The van der Waals surface area contributed by atoms with Gasteiger partial charge in [-0.15, -0.1) is 0 Å². The molecule has 2 rings (SSSR count). The number of amides is 1. The average molecular weight is 224 g/mol.